The number of nitrogens with two attached hydrogens (primary N) is 1. The van der Waals surface area contributed by atoms with Crippen molar-refractivity contribution in [3.05, 3.63) is 83.4 Å². The highest BCUT2D eigenvalue weighted by molar-refractivity contribution is 6.03. The largest absolute Gasteiger partial charge is 0.497 e. The van der Waals surface area contributed by atoms with Gasteiger partial charge in [-0.1, -0.05) is 24.3 Å². The van der Waals surface area contributed by atoms with Crippen LogP contribution < -0.4 is 25.3 Å². The van der Waals surface area contributed by atoms with E-state index in [4.69, 9.17) is 19.9 Å². The maximum Gasteiger partial charge on any atom is 0.248 e. The summed E-state index contributed by atoms with van der Waals surface area (Å²) in [4.78, 5) is 12.6. The van der Waals surface area contributed by atoms with Crippen LogP contribution in [0.1, 0.15) is 37.0 Å². The lowest BCUT2D eigenvalue weighted by Gasteiger charge is -2.21. The van der Waals surface area contributed by atoms with Crippen molar-refractivity contribution in [1.82, 2.24) is 0 Å². The Morgan fingerprint density at radius 3 is 2.39 bits per heavy atom. The molecule has 36 heavy (non-hydrogen) atoms. The van der Waals surface area contributed by atoms with Crippen LogP contribution in [0.25, 0.3) is 6.08 Å². The van der Waals surface area contributed by atoms with Crippen LogP contribution >= 0.6 is 0 Å². The molecule has 4 N–H and O–H groups in total. The summed E-state index contributed by atoms with van der Waals surface area (Å²) in [6.45, 7) is 3.84. The van der Waals surface area contributed by atoms with Crippen LogP contribution in [0.15, 0.2) is 66.7 Å². The topological polar surface area (TPSA) is 103 Å². The molecule has 0 heterocycles. The molecule has 3 aromatic carbocycles. The fourth-order valence-corrected chi connectivity index (χ4v) is 3.62. The van der Waals surface area contributed by atoms with Gasteiger partial charge in [0.25, 0.3) is 0 Å². The average molecular weight is 491 g/mol. The predicted octanol–water partition coefficient (Wildman–Crippen LogP) is 5.22. The van der Waals surface area contributed by atoms with E-state index in [1.807, 2.05) is 36.4 Å². The third-order valence-electron chi connectivity index (χ3n) is 5.63. The number of ether oxygens (including phenoxy) is 3. The second-order valence-electron chi connectivity index (χ2n) is 9.02. The summed E-state index contributed by atoms with van der Waals surface area (Å²) in [6, 6.07) is 18.4. The molecule has 0 saturated carbocycles. The molecule has 0 fully saturated rings. The van der Waals surface area contributed by atoms with Crippen LogP contribution in [-0.4, -0.2) is 30.8 Å². The molecular formula is C29H34N2O5. The van der Waals surface area contributed by atoms with Crippen LogP contribution in [0.2, 0.25) is 0 Å². The summed E-state index contributed by atoms with van der Waals surface area (Å²) in [6.07, 6.45) is 4.17. The van der Waals surface area contributed by atoms with E-state index in [9.17, 15) is 9.90 Å². The number of hydrogen-bond acceptors (Lipinski definition) is 6. The van der Waals surface area contributed by atoms with Crippen LogP contribution in [0.4, 0.5) is 11.4 Å². The first-order chi connectivity index (χ1) is 17.2. The molecule has 190 valence electrons. The molecule has 3 aromatic rings. The summed E-state index contributed by atoms with van der Waals surface area (Å²) in [5, 5.41) is 13.1. The lowest BCUT2D eigenvalue weighted by Crippen LogP contribution is -2.19. The van der Waals surface area contributed by atoms with E-state index in [1.165, 1.54) is 6.08 Å². The average Bonchev–Trinajstić information content (AvgIpc) is 2.86. The van der Waals surface area contributed by atoms with E-state index in [2.05, 4.69) is 5.32 Å². The fourth-order valence-electron chi connectivity index (χ4n) is 3.62. The number of methoxy groups -OCH3 is 2. The number of carbonyl (C=O) groups excluding carboxylic acids is 1. The second kappa shape index (κ2) is 12.1. The van der Waals surface area contributed by atoms with E-state index in [-0.39, 0.29) is 5.91 Å². The van der Waals surface area contributed by atoms with Gasteiger partial charge in [-0.25, -0.2) is 0 Å². The highest BCUT2D eigenvalue weighted by Gasteiger charge is 2.19. The molecule has 3 rings (SSSR count). The van der Waals surface area contributed by atoms with Crippen LogP contribution in [0.5, 0.6) is 17.2 Å². The quantitative estimate of drug-likeness (QED) is 0.252. The first kappa shape index (κ1) is 26.6. The predicted molar refractivity (Wildman–Crippen MR) is 143 cm³/mol. The zero-order valence-corrected chi connectivity index (χ0v) is 21.2. The number of carbonyl (C=O) groups is 1. The minimum absolute atomic E-state index is 0.306. The molecule has 0 aliphatic heterocycles. The van der Waals surface area contributed by atoms with Crippen LogP contribution in [0.3, 0.4) is 0 Å². The van der Waals surface area contributed by atoms with Gasteiger partial charge in [0.2, 0.25) is 5.91 Å². The smallest absolute Gasteiger partial charge is 0.248 e. The van der Waals surface area contributed by atoms with Gasteiger partial charge >= 0.3 is 0 Å². The van der Waals surface area contributed by atoms with Gasteiger partial charge in [-0.2, -0.15) is 0 Å². The number of nitrogen functional groups attached to an aromatic ring is 1. The standard InChI is InChI=1S/C29H34N2O5/c1-29(2,33)18-17-23-26(35-4)15-11-21(12-16-27(32)31-25-8-6-5-7-24(25)30)28(23)36-19-20-9-13-22(34-3)14-10-20/h5-16,33H,17-19,30H2,1-4H3,(H,31,32)/b16-12-. The summed E-state index contributed by atoms with van der Waals surface area (Å²) < 4.78 is 17.1. The number of aliphatic hydroxyl groups is 1. The summed E-state index contributed by atoms with van der Waals surface area (Å²) >= 11 is 0. The minimum atomic E-state index is -0.861. The van der Waals surface area contributed by atoms with Crippen molar-refractivity contribution in [2.24, 2.45) is 0 Å². The first-order valence-corrected chi connectivity index (χ1v) is 11.7. The van der Waals surface area contributed by atoms with Gasteiger partial charge in [0.1, 0.15) is 23.9 Å². The maximum absolute atomic E-state index is 12.6. The Labute approximate surface area is 212 Å². The number of nitrogens with one attached hydrogen (secondary N) is 1. The van der Waals surface area contributed by atoms with E-state index in [0.717, 1.165) is 16.9 Å². The second-order valence-corrected chi connectivity index (χ2v) is 9.02. The van der Waals surface area contributed by atoms with Crippen molar-refractivity contribution in [3.63, 3.8) is 0 Å². The van der Waals surface area contributed by atoms with Gasteiger partial charge in [0.15, 0.2) is 0 Å². The molecule has 0 unspecified atom stereocenters. The van der Waals surface area contributed by atoms with Gasteiger partial charge in [0.05, 0.1) is 31.2 Å². The summed E-state index contributed by atoms with van der Waals surface area (Å²) in [5.74, 6) is 1.70. The van der Waals surface area contributed by atoms with E-state index in [1.54, 1.807) is 58.4 Å². The highest BCUT2D eigenvalue weighted by Crippen LogP contribution is 2.36. The van der Waals surface area contributed by atoms with E-state index in [0.29, 0.717) is 47.9 Å². The number of benzene rings is 3. The SMILES string of the molecule is COc1ccc(COc2c(/C=C\C(=O)Nc3ccccc3N)ccc(OC)c2CCC(C)(C)O)cc1. The van der Waals surface area contributed by atoms with Crippen molar-refractivity contribution in [2.75, 3.05) is 25.3 Å². The molecule has 0 aliphatic carbocycles. The molecule has 0 saturated heterocycles. The maximum atomic E-state index is 12.6. The fraction of sp³-hybridized carbons (Fsp3) is 0.276. The third-order valence-corrected chi connectivity index (χ3v) is 5.63. The Kier molecular flexibility index (Phi) is 8.97. The summed E-state index contributed by atoms with van der Waals surface area (Å²) in [5.41, 5.74) is 8.60. The Morgan fingerprint density at radius 2 is 1.75 bits per heavy atom. The monoisotopic (exact) mass is 490 g/mol. The molecule has 7 nitrogen and oxygen atoms in total. The molecule has 7 heteroatoms. The Morgan fingerprint density at radius 1 is 1.03 bits per heavy atom. The molecule has 1 amide bonds. The van der Waals surface area contributed by atoms with Crippen molar-refractivity contribution < 1.29 is 24.1 Å². The van der Waals surface area contributed by atoms with Crippen LogP contribution in [-0.2, 0) is 17.8 Å². The van der Waals surface area contributed by atoms with Crippen molar-refractivity contribution in [3.8, 4) is 17.2 Å². The first-order valence-electron chi connectivity index (χ1n) is 11.7. The number of amides is 1. The Hall–Kier alpha value is -3.97. The zero-order valence-electron chi connectivity index (χ0n) is 21.2. The third kappa shape index (κ3) is 7.52. The lowest BCUT2D eigenvalue weighted by molar-refractivity contribution is -0.111. The van der Waals surface area contributed by atoms with Gasteiger partial charge in [0, 0.05) is 17.2 Å². The molecule has 0 spiro atoms. The van der Waals surface area contributed by atoms with Gasteiger partial charge < -0.3 is 30.4 Å². The van der Waals surface area contributed by atoms with Crippen LogP contribution in [0, 0.1) is 0 Å². The van der Waals surface area contributed by atoms with Crippen molar-refractivity contribution in [1.29, 1.82) is 0 Å². The Bertz CT molecular complexity index is 1200. The molecule has 0 aromatic heterocycles. The van der Waals surface area contributed by atoms with Gasteiger partial charge in [-0.15, -0.1) is 0 Å². The molecular weight excluding hydrogens is 456 g/mol. The minimum Gasteiger partial charge on any atom is -0.497 e. The highest BCUT2D eigenvalue weighted by atomic mass is 16.5. The van der Waals surface area contributed by atoms with Crippen molar-refractivity contribution >= 4 is 23.4 Å². The number of para-hydroxylation sites is 2. The molecule has 0 aliphatic rings. The number of rotatable bonds is 11. The number of hydrogen-bond donors (Lipinski definition) is 3. The summed E-state index contributed by atoms with van der Waals surface area (Å²) in [7, 11) is 3.22. The van der Waals surface area contributed by atoms with Gasteiger partial charge in [-0.05, 0) is 74.7 Å². The normalized spacial score (nSPS) is 11.4. The van der Waals surface area contributed by atoms with Crippen molar-refractivity contribution in [2.45, 2.75) is 38.9 Å². The Balaban J connectivity index is 1.91. The molecule has 0 bridgehead atoms. The molecule has 0 radical (unpaired) electrons. The zero-order chi connectivity index (χ0) is 26.1. The molecule has 0 atom stereocenters. The van der Waals surface area contributed by atoms with E-state index >= 15 is 0 Å². The van der Waals surface area contributed by atoms with E-state index < -0.39 is 5.60 Å². The van der Waals surface area contributed by atoms with Gasteiger partial charge in [-0.3, -0.25) is 4.79 Å². The lowest BCUT2D eigenvalue weighted by atomic mass is 9.96. The number of anilines is 2.